The number of furan rings is 1. The van der Waals surface area contributed by atoms with Crippen LogP contribution in [0.15, 0.2) is 53.1 Å². The molecule has 2 atom stereocenters. The number of benzene rings is 1. The van der Waals surface area contributed by atoms with Crippen LogP contribution in [-0.2, 0) is 20.9 Å². The number of morpholine rings is 1. The van der Waals surface area contributed by atoms with Gasteiger partial charge in [-0.1, -0.05) is 30.3 Å². The minimum Gasteiger partial charge on any atom is -0.467 e. The van der Waals surface area contributed by atoms with Gasteiger partial charge in [0.2, 0.25) is 5.91 Å². The number of hydrogen-bond donors (Lipinski definition) is 1. The third-order valence-corrected chi connectivity index (χ3v) is 5.24. The molecule has 3 heterocycles. The van der Waals surface area contributed by atoms with Crippen LogP contribution in [0.3, 0.4) is 0 Å². The van der Waals surface area contributed by atoms with Crippen LogP contribution in [0.25, 0.3) is 0 Å². The van der Waals surface area contributed by atoms with Gasteiger partial charge in [-0.05, 0) is 24.1 Å². The molecule has 29 heavy (non-hydrogen) atoms. The molecule has 0 saturated carbocycles. The third-order valence-electron chi connectivity index (χ3n) is 5.24. The Labute approximate surface area is 168 Å². The van der Waals surface area contributed by atoms with E-state index in [4.69, 9.17) is 9.15 Å². The Kier molecular flexibility index (Phi) is 5.62. The molecule has 2 aliphatic rings. The summed E-state index contributed by atoms with van der Waals surface area (Å²) in [4.78, 5) is 40.2. The molecule has 8 nitrogen and oxygen atoms in total. The maximum absolute atomic E-state index is 12.7. The zero-order chi connectivity index (χ0) is 20.2. The highest BCUT2D eigenvalue weighted by molar-refractivity contribution is 6.04. The average Bonchev–Trinajstić information content (AvgIpc) is 3.36. The van der Waals surface area contributed by atoms with Gasteiger partial charge in [0.15, 0.2) is 0 Å². The first kappa shape index (κ1) is 19.2. The number of carbonyl (C=O) groups excluding carboxylic acids is 3. The summed E-state index contributed by atoms with van der Waals surface area (Å²) in [6.45, 7) is 1.57. The largest absolute Gasteiger partial charge is 0.467 e. The molecule has 2 aromatic rings. The van der Waals surface area contributed by atoms with Gasteiger partial charge in [-0.2, -0.15) is 0 Å². The number of hydrogen-bond acceptors (Lipinski definition) is 5. The summed E-state index contributed by atoms with van der Waals surface area (Å²) < 4.78 is 11.0. The Balaban J connectivity index is 1.30. The molecule has 0 radical (unpaired) electrons. The molecule has 0 aliphatic carbocycles. The summed E-state index contributed by atoms with van der Waals surface area (Å²) in [6.07, 6.45) is 1.80. The van der Waals surface area contributed by atoms with Gasteiger partial charge in [-0.15, -0.1) is 0 Å². The lowest BCUT2D eigenvalue weighted by Crippen LogP contribution is -2.43. The molecule has 0 spiro atoms. The second-order valence-corrected chi connectivity index (χ2v) is 7.15. The molecule has 1 aromatic heterocycles. The van der Waals surface area contributed by atoms with Crippen LogP contribution < -0.4 is 5.32 Å². The number of nitrogens with zero attached hydrogens (tertiary/aromatic N) is 2. The predicted molar refractivity (Wildman–Crippen MR) is 103 cm³/mol. The van der Waals surface area contributed by atoms with Gasteiger partial charge >= 0.3 is 6.03 Å². The van der Waals surface area contributed by atoms with E-state index in [0.29, 0.717) is 25.5 Å². The van der Waals surface area contributed by atoms with Gasteiger partial charge in [0.1, 0.15) is 17.9 Å². The molecule has 2 aliphatic heterocycles. The molecular formula is C21H23N3O5. The number of ether oxygens (including phenoxy) is 1. The zero-order valence-electron chi connectivity index (χ0n) is 16.0. The van der Waals surface area contributed by atoms with Gasteiger partial charge in [0, 0.05) is 13.0 Å². The minimum atomic E-state index is -0.688. The van der Waals surface area contributed by atoms with Gasteiger partial charge in [0.25, 0.3) is 5.91 Å². The van der Waals surface area contributed by atoms with E-state index in [9.17, 15) is 14.4 Å². The molecule has 0 unspecified atom stereocenters. The van der Waals surface area contributed by atoms with Crippen LogP contribution in [0.5, 0.6) is 0 Å². The van der Waals surface area contributed by atoms with Crippen molar-refractivity contribution in [3.8, 4) is 0 Å². The van der Waals surface area contributed by atoms with Crippen molar-refractivity contribution in [3.05, 3.63) is 60.1 Å². The molecule has 1 N–H and O–H groups in total. The Hall–Kier alpha value is -3.13. The molecule has 8 heteroatoms. The molecule has 2 fully saturated rings. The van der Waals surface area contributed by atoms with Gasteiger partial charge in [0.05, 0.1) is 26.0 Å². The van der Waals surface area contributed by atoms with Crippen molar-refractivity contribution in [2.45, 2.75) is 31.5 Å². The number of rotatable bonds is 6. The lowest BCUT2D eigenvalue weighted by atomic mass is 10.1. The lowest BCUT2D eigenvalue weighted by Gasteiger charge is -2.33. The van der Waals surface area contributed by atoms with E-state index >= 15 is 0 Å². The van der Waals surface area contributed by atoms with Crippen LogP contribution in [0.4, 0.5) is 4.79 Å². The van der Waals surface area contributed by atoms with Crippen molar-refractivity contribution in [3.63, 3.8) is 0 Å². The van der Waals surface area contributed by atoms with Crippen LogP contribution in [0, 0.1) is 0 Å². The van der Waals surface area contributed by atoms with Crippen molar-refractivity contribution < 1.29 is 23.5 Å². The number of nitrogens with one attached hydrogen (secondary N) is 1. The summed E-state index contributed by atoms with van der Waals surface area (Å²) in [5.74, 6) is 0.162. The Morgan fingerprint density at radius 3 is 2.72 bits per heavy atom. The highest BCUT2D eigenvalue weighted by Crippen LogP contribution is 2.23. The predicted octanol–water partition coefficient (Wildman–Crippen LogP) is 2.08. The maximum Gasteiger partial charge on any atom is 0.325 e. The molecule has 152 valence electrons. The standard InChI is InChI=1S/C21H23N3O5/c25-19(23-10-12-29-18(14-23)15-5-2-1-3-6-15)9-8-17-20(26)24(21(27)22-17)13-16-7-4-11-28-16/h1-7,11,17-18H,8-10,12-14H2,(H,22,27)/t17-,18-/m1/s1. The zero-order valence-corrected chi connectivity index (χ0v) is 16.0. The summed E-state index contributed by atoms with van der Waals surface area (Å²) in [5.41, 5.74) is 1.04. The van der Waals surface area contributed by atoms with E-state index in [1.807, 2.05) is 30.3 Å². The SMILES string of the molecule is O=C(CC[C@H]1NC(=O)N(Cc2ccco2)C1=O)N1CCO[C@@H](c2ccccc2)C1. The van der Waals surface area contributed by atoms with Gasteiger partial charge in [-0.3, -0.25) is 14.5 Å². The Morgan fingerprint density at radius 1 is 1.14 bits per heavy atom. The van der Waals surface area contributed by atoms with Crippen molar-refractivity contribution >= 4 is 17.8 Å². The second-order valence-electron chi connectivity index (χ2n) is 7.15. The molecular weight excluding hydrogens is 374 g/mol. The fraction of sp³-hybridized carbons (Fsp3) is 0.381. The monoisotopic (exact) mass is 397 g/mol. The maximum atomic E-state index is 12.7. The van der Waals surface area contributed by atoms with Crippen LogP contribution in [0.1, 0.15) is 30.3 Å². The molecule has 0 bridgehead atoms. The summed E-state index contributed by atoms with van der Waals surface area (Å²) in [7, 11) is 0. The number of amides is 4. The fourth-order valence-electron chi connectivity index (χ4n) is 3.65. The first-order chi connectivity index (χ1) is 14.1. The highest BCUT2D eigenvalue weighted by Gasteiger charge is 2.38. The van der Waals surface area contributed by atoms with E-state index in [2.05, 4.69) is 5.32 Å². The molecule has 4 amide bonds. The quantitative estimate of drug-likeness (QED) is 0.754. The highest BCUT2D eigenvalue weighted by atomic mass is 16.5. The van der Waals surface area contributed by atoms with E-state index in [-0.39, 0.29) is 37.3 Å². The summed E-state index contributed by atoms with van der Waals surface area (Å²) in [6, 6.07) is 12.1. The van der Waals surface area contributed by atoms with Crippen LogP contribution >= 0.6 is 0 Å². The Bertz CT molecular complexity index is 868. The first-order valence-electron chi connectivity index (χ1n) is 9.70. The van der Waals surface area contributed by atoms with Gasteiger partial charge in [-0.25, -0.2) is 4.79 Å². The smallest absolute Gasteiger partial charge is 0.325 e. The summed E-state index contributed by atoms with van der Waals surface area (Å²) in [5, 5.41) is 2.66. The van der Waals surface area contributed by atoms with Gasteiger partial charge < -0.3 is 19.4 Å². The fourth-order valence-corrected chi connectivity index (χ4v) is 3.65. The van der Waals surface area contributed by atoms with Crippen molar-refractivity contribution in [2.24, 2.45) is 0 Å². The average molecular weight is 397 g/mol. The number of carbonyl (C=O) groups is 3. The van der Waals surface area contributed by atoms with E-state index < -0.39 is 12.1 Å². The van der Waals surface area contributed by atoms with Crippen molar-refractivity contribution in [1.82, 2.24) is 15.1 Å². The number of imide groups is 1. The normalized spacial score (nSPS) is 22.1. The lowest BCUT2D eigenvalue weighted by molar-refractivity contribution is -0.139. The van der Waals surface area contributed by atoms with Crippen molar-refractivity contribution in [1.29, 1.82) is 0 Å². The van der Waals surface area contributed by atoms with E-state index in [1.54, 1.807) is 17.0 Å². The summed E-state index contributed by atoms with van der Waals surface area (Å²) >= 11 is 0. The molecule has 2 saturated heterocycles. The molecule has 4 rings (SSSR count). The topological polar surface area (TPSA) is 92.1 Å². The van der Waals surface area contributed by atoms with Crippen molar-refractivity contribution in [2.75, 3.05) is 19.7 Å². The third kappa shape index (κ3) is 4.32. The van der Waals surface area contributed by atoms with E-state index in [1.165, 1.54) is 6.26 Å². The van der Waals surface area contributed by atoms with Crippen LogP contribution in [0.2, 0.25) is 0 Å². The first-order valence-corrected chi connectivity index (χ1v) is 9.70. The molecule has 1 aromatic carbocycles. The second kappa shape index (κ2) is 8.48. The van der Waals surface area contributed by atoms with E-state index in [0.717, 1.165) is 10.5 Å². The Morgan fingerprint density at radius 2 is 1.97 bits per heavy atom. The minimum absolute atomic E-state index is 0.0410. The van der Waals surface area contributed by atoms with Crippen LogP contribution in [-0.4, -0.2) is 53.4 Å². The number of urea groups is 1.